The molecule has 0 radical (unpaired) electrons. The van der Waals surface area contributed by atoms with E-state index in [0.717, 1.165) is 32.7 Å². The van der Waals surface area contributed by atoms with Gasteiger partial charge >= 0.3 is 5.69 Å². The van der Waals surface area contributed by atoms with Crippen molar-refractivity contribution in [3.05, 3.63) is 104 Å². The number of thiophene rings is 1. The number of ether oxygens (including phenoxy) is 1. The second-order valence-corrected chi connectivity index (χ2v) is 11.7. The third-order valence-electron chi connectivity index (χ3n) is 7.64. The molecule has 0 unspecified atom stereocenters. The highest BCUT2D eigenvalue weighted by Crippen LogP contribution is 2.38. The molecule has 0 saturated heterocycles. The number of aromatic nitrogens is 5. The van der Waals surface area contributed by atoms with Gasteiger partial charge in [-0.15, -0.1) is 11.3 Å². The number of rotatable bonds is 14. The predicted molar refractivity (Wildman–Crippen MR) is 168 cm³/mol. The number of benzene rings is 2. The van der Waals surface area contributed by atoms with Gasteiger partial charge in [-0.3, -0.25) is 23.6 Å². The van der Waals surface area contributed by atoms with Crippen LogP contribution < -0.4 is 11.2 Å². The van der Waals surface area contributed by atoms with Crippen LogP contribution in [-0.4, -0.2) is 62.1 Å². The van der Waals surface area contributed by atoms with Crippen LogP contribution in [0.25, 0.3) is 20.7 Å². The lowest BCUT2D eigenvalue weighted by atomic mass is 10.0. The molecule has 236 valence electrons. The first-order valence-corrected chi connectivity index (χ1v) is 15.4. The molecule has 0 saturated carbocycles. The lowest BCUT2D eigenvalue weighted by Gasteiger charge is -2.18. The third kappa shape index (κ3) is 7.00. The summed E-state index contributed by atoms with van der Waals surface area (Å²) >= 11 is 1.23. The number of nitrogens with zero attached hydrogens (tertiary/aromatic N) is 6. The summed E-state index contributed by atoms with van der Waals surface area (Å²) in [6, 6.07) is 11.1. The summed E-state index contributed by atoms with van der Waals surface area (Å²) in [5.74, 6) is -1.45. The second kappa shape index (κ2) is 14.2. The second-order valence-electron chi connectivity index (χ2n) is 10.7. The Morgan fingerprint density at radius 3 is 2.31 bits per heavy atom. The van der Waals surface area contributed by atoms with Gasteiger partial charge in [0.05, 0.1) is 44.0 Å². The van der Waals surface area contributed by atoms with E-state index in [-0.39, 0.29) is 24.4 Å². The van der Waals surface area contributed by atoms with Gasteiger partial charge in [-0.25, -0.2) is 13.6 Å². The van der Waals surface area contributed by atoms with Crippen LogP contribution in [0, 0.1) is 11.6 Å². The predicted octanol–water partition coefficient (Wildman–Crippen LogP) is 4.11. The van der Waals surface area contributed by atoms with Crippen LogP contribution in [0.3, 0.4) is 0 Å². The number of halogens is 2. The normalized spacial score (nSPS) is 11.6. The molecular formula is C32H34F2N6O4S. The maximum absolute atomic E-state index is 14.9. The van der Waals surface area contributed by atoms with E-state index in [4.69, 9.17) is 4.74 Å². The number of carbonyl (C=O) groups is 1. The number of carbonyl (C=O) groups excluding carboxylic acids is 1. The number of aryl methyl sites for hydroxylation is 1. The van der Waals surface area contributed by atoms with E-state index in [1.807, 2.05) is 43.1 Å². The van der Waals surface area contributed by atoms with Gasteiger partial charge in [0, 0.05) is 43.5 Å². The van der Waals surface area contributed by atoms with E-state index in [1.54, 1.807) is 7.11 Å². The fraction of sp³-hybridized carbons (Fsp3) is 0.344. The summed E-state index contributed by atoms with van der Waals surface area (Å²) in [6.45, 7) is 2.89. The molecule has 0 aliphatic carbocycles. The van der Waals surface area contributed by atoms with Gasteiger partial charge in [-0.2, -0.15) is 15.0 Å². The Balaban J connectivity index is 1.73. The average Bonchev–Trinajstić information content (AvgIpc) is 3.68. The number of fused-ring (bicyclic) bond motifs is 1. The minimum absolute atomic E-state index is 0.0493. The van der Waals surface area contributed by atoms with Crippen LogP contribution >= 0.6 is 11.3 Å². The van der Waals surface area contributed by atoms with Crippen molar-refractivity contribution < 1.29 is 18.3 Å². The molecule has 0 atom stereocenters. The van der Waals surface area contributed by atoms with Crippen molar-refractivity contribution in [2.45, 2.75) is 45.9 Å². The molecule has 5 rings (SSSR count). The van der Waals surface area contributed by atoms with Crippen LogP contribution in [0.15, 0.2) is 64.4 Å². The first-order chi connectivity index (χ1) is 21.7. The van der Waals surface area contributed by atoms with Crippen molar-refractivity contribution in [1.29, 1.82) is 0 Å². The number of methoxy groups -OCH3 is 1. The zero-order valence-electron chi connectivity index (χ0n) is 25.3. The molecule has 0 aliphatic heterocycles. The summed E-state index contributed by atoms with van der Waals surface area (Å²) in [5, 5.41) is 8.44. The summed E-state index contributed by atoms with van der Waals surface area (Å²) in [7, 11) is 3.51. The van der Waals surface area contributed by atoms with E-state index in [9.17, 15) is 23.2 Å². The summed E-state index contributed by atoms with van der Waals surface area (Å²) in [6.07, 6.45) is 3.75. The van der Waals surface area contributed by atoms with Gasteiger partial charge in [0.25, 0.3) is 5.56 Å². The fourth-order valence-electron chi connectivity index (χ4n) is 5.15. The minimum atomic E-state index is -0.790. The van der Waals surface area contributed by atoms with Crippen LogP contribution in [-0.2, 0) is 42.1 Å². The van der Waals surface area contributed by atoms with Crippen LogP contribution in [0.1, 0.15) is 30.0 Å². The molecule has 3 aromatic heterocycles. The monoisotopic (exact) mass is 636 g/mol. The van der Waals surface area contributed by atoms with E-state index in [1.165, 1.54) is 39.2 Å². The highest BCUT2D eigenvalue weighted by atomic mass is 32.1. The molecule has 10 nitrogen and oxygen atoms in total. The van der Waals surface area contributed by atoms with Gasteiger partial charge in [-0.05, 0) is 35.9 Å². The Morgan fingerprint density at radius 2 is 1.67 bits per heavy atom. The SMILES string of the molecule is CCC(=O)Cc1ccc(-c2sc3c(c2CN(C)CCOC)c(=O)n(CCn2nccn2)c(=O)n3Cc2c(F)cccc2F)cc1. The molecule has 0 bridgehead atoms. The highest BCUT2D eigenvalue weighted by Gasteiger charge is 2.25. The Kier molecular flexibility index (Phi) is 10.1. The lowest BCUT2D eigenvalue weighted by Crippen LogP contribution is -2.41. The van der Waals surface area contributed by atoms with Gasteiger partial charge in [-0.1, -0.05) is 37.3 Å². The summed E-state index contributed by atoms with van der Waals surface area (Å²) in [4.78, 5) is 44.6. The Morgan fingerprint density at radius 1 is 0.978 bits per heavy atom. The molecule has 0 fully saturated rings. The van der Waals surface area contributed by atoms with E-state index in [0.29, 0.717) is 48.3 Å². The molecule has 0 aliphatic rings. The quantitative estimate of drug-likeness (QED) is 0.181. The standard InChI is InChI=1S/C32H34F2N6O4S/c1-4-23(41)18-21-8-10-22(11-9-21)29-25(19-37(2)16-17-44-3)28-30(42)38(14-15-40-35-12-13-36-40)32(43)39(31(28)45-29)20-24-26(33)6-5-7-27(24)34/h5-13H,4,14-20H2,1-3H3. The number of Topliss-reactive ketones (excluding diaryl/α,β-unsaturated/α-hetero) is 1. The van der Waals surface area contributed by atoms with Crippen molar-refractivity contribution in [1.82, 2.24) is 29.0 Å². The van der Waals surface area contributed by atoms with E-state index < -0.39 is 29.4 Å². The average molecular weight is 637 g/mol. The van der Waals surface area contributed by atoms with Gasteiger partial charge in [0.1, 0.15) is 22.2 Å². The van der Waals surface area contributed by atoms with Crippen LogP contribution in [0.5, 0.6) is 0 Å². The maximum Gasteiger partial charge on any atom is 0.332 e. The Hall–Kier alpha value is -4.33. The zero-order chi connectivity index (χ0) is 32.1. The first kappa shape index (κ1) is 32.1. The maximum atomic E-state index is 14.9. The zero-order valence-corrected chi connectivity index (χ0v) is 26.1. The van der Waals surface area contributed by atoms with Crippen molar-refractivity contribution in [2.75, 3.05) is 27.3 Å². The third-order valence-corrected chi connectivity index (χ3v) is 8.94. The molecule has 2 aromatic carbocycles. The van der Waals surface area contributed by atoms with Crippen LogP contribution in [0.2, 0.25) is 0 Å². The number of hydrogen-bond donors (Lipinski definition) is 0. The summed E-state index contributed by atoms with van der Waals surface area (Å²) < 4.78 is 37.4. The highest BCUT2D eigenvalue weighted by molar-refractivity contribution is 7.22. The molecule has 13 heteroatoms. The van der Waals surface area contributed by atoms with E-state index in [2.05, 4.69) is 10.2 Å². The summed E-state index contributed by atoms with van der Waals surface area (Å²) in [5.41, 5.74) is 0.870. The topological polar surface area (TPSA) is 104 Å². The van der Waals surface area contributed by atoms with E-state index >= 15 is 0 Å². The van der Waals surface area contributed by atoms with Crippen LogP contribution in [0.4, 0.5) is 8.78 Å². The molecule has 0 amide bonds. The van der Waals surface area contributed by atoms with Gasteiger partial charge in [0.15, 0.2) is 0 Å². The Labute approximate surface area is 262 Å². The molecular weight excluding hydrogens is 602 g/mol. The number of hydrogen-bond acceptors (Lipinski definition) is 8. The largest absolute Gasteiger partial charge is 0.383 e. The van der Waals surface area contributed by atoms with Crippen molar-refractivity contribution in [3.63, 3.8) is 0 Å². The Bertz CT molecular complexity index is 1900. The number of ketones is 1. The molecule has 5 aromatic rings. The molecule has 3 heterocycles. The van der Waals surface area contributed by atoms with Crippen molar-refractivity contribution in [2.24, 2.45) is 0 Å². The number of likely N-dealkylation sites (N-methyl/N-ethyl adjacent to an activating group) is 1. The smallest absolute Gasteiger partial charge is 0.332 e. The fourth-order valence-corrected chi connectivity index (χ4v) is 6.45. The van der Waals surface area contributed by atoms with Crippen molar-refractivity contribution in [3.8, 4) is 10.4 Å². The van der Waals surface area contributed by atoms with Gasteiger partial charge < -0.3 is 4.74 Å². The molecule has 45 heavy (non-hydrogen) atoms. The minimum Gasteiger partial charge on any atom is -0.383 e. The van der Waals surface area contributed by atoms with Crippen molar-refractivity contribution >= 4 is 27.3 Å². The first-order valence-electron chi connectivity index (χ1n) is 14.6. The molecule has 0 spiro atoms. The lowest BCUT2D eigenvalue weighted by molar-refractivity contribution is -0.118. The molecule has 0 N–H and O–H groups in total. The van der Waals surface area contributed by atoms with Gasteiger partial charge in [0.2, 0.25) is 0 Å².